The van der Waals surface area contributed by atoms with E-state index in [4.69, 9.17) is 14.2 Å². The molecule has 0 spiro atoms. The van der Waals surface area contributed by atoms with Gasteiger partial charge in [-0.15, -0.1) is 0 Å². The molecule has 13 N–H and O–H groups in total. The third-order valence-corrected chi connectivity index (χ3v) is 11.7. The number of phenols is 10. The molecular formula is C45H38O16. The fourth-order valence-corrected chi connectivity index (χ4v) is 8.75. The highest BCUT2D eigenvalue weighted by Gasteiger charge is 2.49. The molecule has 0 amide bonds. The smallest absolute Gasteiger partial charge is 0.157 e. The molecular weight excluding hydrogens is 796 g/mol. The van der Waals surface area contributed by atoms with Gasteiger partial charge in [0.15, 0.2) is 46.7 Å². The Morgan fingerprint density at radius 3 is 1.28 bits per heavy atom. The van der Waals surface area contributed by atoms with Gasteiger partial charge in [-0.2, -0.15) is 0 Å². The van der Waals surface area contributed by atoms with Crippen LogP contribution < -0.4 is 14.2 Å². The van der Waals surface area contributed by atoms with Crippen LogP contribution in [-0.2, 0) is 6.42 Å². The molecule has 314 valence electrons. The van der Waals surface area contributed by atoms with E-state index in [2.05, 4.69) is 0 Å². The average molecular weight is 835 g/mol. The first-order valence-electron chi connectivity index (χ1n) is 19.0. The van der Waals surface area contributed by atoms with Gasteiger partial charge >= 0.3 is 0 Å². The van der Waals surface area contributed by atoms with Crippen molar-refractivity contribution in [3.05, 3.63) is 136 Å². The molecule has 16 heteroatoms. The predicted molar refractivity (Wildman–Crippen MR) is 211 cm³/mol. The molecule has 0 saturated carbocycles. The van der Waals surface area contributed by atoms with Crippen LogP contribution in [0.1, 0.15) is 74.7 Å². The summed E-state index contributed by atoms with van der Waals surface area (Å²) in [5.74, 6) is -7.77. The Morgan fingerprint density at radius 1 is 0.410 bits per heavy atom. The quantitative estimate of drug-likeness (QED) is 0.101. The van der Waals surface area contributed by atoms with Gasteiger partial charge < -0.3 is 80.6 Å². The predicted octanol–water partition coefficient (Wildman–Crippen LogP) is 5.03. The van der Waals surface area contributed by atoms with Gasteiger partial charge in [-0.3, -0.25) is 0 Å². The van der Waals surface area contributed by atoms with Crippen molar-refractivity contribution in [3.63, 3.8) is 0 Å². The first-order valence-corrected chi connectivity index (χ1v) is 19.0. The van der Waals surface area contributed by atoms with Gasteiger partial charge in [0.05, 0.1) is 6.10 Å². The van der Waals surface area contributed by atoms with Gasteiger partial charge in [-0.05, 0) is 65.2 Å². The van der Waals surface area contributed by atoms with Gasteiger partial charge in [-0.25, -0.2) is 0 Å². The third kappa shape index (κ3) is 6.35. The van der Waals surface area contributed by atoms with Crippen molar-refractivity contribution in [3.8, 4) is 74.7 Å². The van der Waals surface area contributed by atoms with E-state index in [1.54, 1.807) is 0 Å². The molecule has 16 nitrogen and oxygen atoms in total. The SMILES string of the molecule is Oc1ccc2c(c1)O[C@H](c1ccc(O)c(O)c1)[C@H](O)C2c1c(O)c2c(c([C@@H]3c4ccc(O)cc4O[C@H](c4ccc(O)c(O)c4)[C@H]3O)c1O)O[C@H](c1ccc(O)c(O)c1)[C@H](O)C2. The maximum Gasteiger partial charge on any atom is 0.157 e. The van der Waals surface area contributed by atoms with Crippen LogP contribution in [0.15, 0.2) is 91.0 Å². The number of ether oxygens (including phenoxy) is 3. The molecule has 0 aromatic heterocycles. The minimum atomic E-state index is -1.69. The standard InChI is InChI=1S/C45H38O16/c46-20-4-6-22-32(14-20)59-43(18-2-9-26(49)29(52)12-18)40(57)34(22)36-38(55)24-16-31(54)42(17-1-8-25(48)28(51)11-17)61-45(24)37(39(36)56)35-23-7-5-21(47)15-33(23)60-44(41(35)58)19-3-10-27(50)30(53)13-19/h1-15,31,34-35,40-44,46-58H,16H2/t31-,34?,35+,40-,41+,42-,43-,44-/m1/s1. The maximum absolute atomic E-state index is 12.9. The number of aliphatic hydroxyl groups excluding tert-OH is 3. The molecule has 8 atom stereocenters. The molecule has 6 aromatic carbocycles. The van der Waals surface area contributed by atoms with E-state index in [0.717, 1.165) is 12.1 Å². The monoisotopic (exact) mass is 834 g/mol. The molecule has 0 aliphatic carbocycles. The minimum Gasteiger partial charge on any atom is -0.508 e. The lowest BCUT2D eigenvalue weighted by Crippen LogP contribution is -2.38. The van der Waals surface area contributed by atoms with Crippen molar-refractivity contribution >= 4 is 0 Å². The van der Waals surface area contributed by atoms with Crippen LogP contribution in [0, 0.1) is 0 Å². The highest BCUT2D eigenvalue weighted by Crippen LogP contribution is 2.60. The minimum absolute atomic E-state index is 0.00791. The normalized spacial score (nSPS) is 24.0. The number of aliphatic hydroxyl groups is 3. The zero-order valence-corrected chi connectivity index (χ0v) is 31.5. The molecule has 6 aromatic rings. The Labute approximate surface area is 345 Å². The van der Waals surface area contributed by atoms with Crippen LogP contribution in [0.25, 0.3) is 0 Å². The molecule has 0 bridgehead atoms. The van der Waals surface area contributed by atoms with Crippen molar-refractivity contribution in [2.75, 3.05) is 0 Å². The second-order valence-corrected chi connectivity index (χ2v) is 15.3. The van der Waals surface area contributed by atoms with E-state index < -0.39 is 94.5 Å². The molecule has 0 saturated heterocycles. The molecule has 3 aliphatic rings. The zero-order chi connectivity index (χ0) is 43.2. The second kappa shape index (κ2) is 14.4. The third-order valence-electron chi connectivity index (χ3n) is 11.7. The number of phenolic OH excluding ortho intramolecular Hbond substituents is 10. The van der Waals surface area contributed by atoms with Gasteiger partial charge in [-0.1, -0.05) is 30.3 Å². The number of hydrogen-bond acceptors (Lipinski definition) is 16. The Balaban J connectivity index is 1.31. The van der Waals surface area contributed by atoms with Gasteiger partial charge in [0, 0.05) is 58.2 Å². The number of benzene rings is 6. The van der Waals surface area contributed by atoms with Gasteiger partial charge in [0.1, 0.15) is 58.6 Å². The average Bonchev–Trinajstić information content (AvgIpc) is 3.22. The summed E-state index contributed by atoms with van der Waals surface area (Å²) in [5.41, 5.74) is 0.295. The van der Waals surface area contributed by atoms with Gasteiger partial charge in [0.2, 0.25) is 0 Å². The number of rotatable bonds is 5. The van der Waals surface area contributed by atoms with Gasteiger partial charge in [0.25, 0.3) is 0 Å². The Kier molecular flexibility index (Phi) is 9.23. The van der Waals surface area contributed by atoms with E-state index in [-0.39, 0.29) is 79.7 Å². The lowest BCUT2D eigenvalue weighted by Gasteiger charge is -2.42. The lowest BCUT2D eigenvalue weighted by molar-refractivity contribution is 0.000360. The van der Waals surface area contributed by atoms with E-state index in [9.17, 15) is 66.4 Å². The molecule has 3 aliphatic heterocycles. The molecule has 1 unspecified atom stereocenters. The summed E-state index contributed by atoms with van der Waals surface area (Å²) in [7, 11) is 0. The van der Waals surface area contributed by atoms with Crippen LogP contribution in [0.2, 0.25) is 0 Å². The van der Waals surface area contributed by atoms with Crippen LogP contribution >= 0.6 is 0 Å². The van der Waals surface area contributed by atoms with E-state index in [1.807, 2.05) is 0 Å². The summed E-state index contributed by atoms with van der Waals surface area (Å²) >= 11 is 0. The summed E-state index contributed by atoms with van der Waals surface area (Å²) in [4.78, 5) is 0. The lowest BCUT2D eigenvalue weighted by atomic mass is 9.73. The first-order chi connectivity index (χ1) is 29.1. The van der Waals surface area contributed by atoms with Crippen molar-refractivity contribution < 1.29 is 80.6 Å². The second-order valence-electron chi connectivity index (χ2n) is 15.3. The van der Waals surface area contributed by atoms with Crippen LogP contribution in [0.3, 0.4) is 0 Å². The van der Waals surface area contributed by atoms with E-state index >= 15 is 0 Å². The highest BCUT2D eigenvalue weighted by atomic mass is 16.5. The zero-order valence-electron chi connectivity index (χ0n) is 31.5. The highest BCUT2D eigenvalue weighted by molar-refractivity contribution is 5.70. The molecule has 9 rings (SSSR count). The molecule has 61 heavy (non-hydrogen) atoms. The number of aromatic hydroxyl groups is 10. The molecule has 0 radical (unpaired) electrons. The summed E-state index contributed by atoms with van der Waals surface area (Å²) in [6, 6.07) is 19.2. The Bertz CT molecular complexity index is 2730. The summed E-state index contributed by atoms with van der Waals surface area (Å²) in [5, 5.41) is 144. The fraction of sp³-hybridized carbons (Fsp3) is 0.200. The van der Waals surface area contributed by atoms with Crippen molar-refractivity contribution in [2.45, 2.75) is 54.9 Å². The first kappa shape index (κ1) is 39.1. The number of fused-ring (bicyclic) bond motifs is 3. The molecule has 0 fully saturated rings. The fourth-order valence-electron chi connectivity index (χ4n) is 8.75. The summed E-state index contributed by atoms with van der Waals surface area (Å²) in [6.45, 7) is 0. The van der Waals surface area contributed by atoms with Crippen LogP contribution in [-0.4, -0.2) is 84.7 Å². The van der Waals surface area contributed by atoms with E-state index in [1.165, 1.54) is 78.9 Å². The van der Waals surface area contributed by atoms with E-state index in [0.29, 0.717) is 0 Å². The van der Waals surface area contributed by atoms with Crippen LogP contribution in [0.4, 0.5) is 0 Å². The van der Waals surface area contributed by atoms with Crippen LogP contribution in [0.5, 0.6) is 74.7 Å². The Morgan fingerprint density at radius 2 is 0.836 bits per heavy atom. The topological polar surface area (TPSA) is 291 Å². The summed E-state index contributed by atoms with van der Waals surface area (Å²) in [6.07, 6.45) is -9.21. The number of hydrogen-bond donors (Lipinski definition) is 13. The van der Waals surface area contributed by atoms with Crippen molar-refractivity contribution in [1.82, 2.24) is 0 Å². The molecule has 3 heterocycles. The Hall–Kier alpha value is -7.40. The van der Waals surface area contributed by atoms with Crippen molar-refractivity contribution in [2.24, 2.45) is 0 Å². The van der Waals surface area contributed by atoms with Crippen molar-refractivity contribution in [1.29, 1.82) is 0 Å². The largest absolute Gasteiger partial charge is 0.508 e. The maximum atomic E-state index is 12.9. The summed E-state index contributed by atoms with van der Waals surface area (Å²) < 4.78 is 18.9.